The molecule has 1 unspecified atom stereocenters. The number of carbonyl (C=O) groups excluding carboxylic acids is 1. The van der Waals surface area contributed by atoms with E-state index in [1.54, 1.807) is 6.20 Å². The van der Waals surface area contributed by atoms with Crippen molar-refractivity contribution in [2.24, 2.45) is 0 Å². The van der Waals surface area contributed by atoms with E-state index in [-0.39, 0.29) is 11.7 Å². The molecule has 1 rings (SSSR count). The van der Waals surface area contributed by atoms with Crippen LogP contribution in [0.25, 0.3) is 0 Å². The average molecular weight is 320 g/mol. The van der Waals surface area contributed by atoms with Gasteiger partial charge in [0.15, 0.2) is 0 Å². The van der Waals surface area contributed by atoms with Crippen LogP contribution in [0.1, 0.15) is 6.92 Å². The minimum absolute atomic E-state index is 0.199. The molecule has 0 fully saturated rings. The standard InChI is InChI=1S/C9H10BrN3O3S/c1-5(14)13-7(9(15)16)3-17-8-6(10)2-11-4-12-8/h2,4,7H,3H2,1H3,(H,13,14)(H,15,16). The van der Waals surface area contributed by atoms with E-state index in [1.165, 1.54) is 25.0 Å². The third-order valence-electron chi connectivity index (χ3n) is 1.70. The molecule has 0 saturated carbocycles. The smallest absolute Gasteiger partial charge is 0.327 e. The molecular weight excluding hydrogens is 310 g/mol. The molecule has 0 bridgehead atoms. The first-order valence-electron chi connectivity index (χ1n) is 4.59. The van der Waals surface area contributed by atoms with Gasteiger partial charge in [-0.2, -0.15) is 0 Å². The molecule has 0 aliphatic rings. The fourth-order valence-electron chi connectivity index (χ4n) is 0.990. The van der Waals surface area contributed by atoms with Crippen molar-refractivity contribution in [1.29, 1.82) is 0 Å². The Labute approximate surface area is 110 Å². The van der Waals surface area contributed by atoms with Crippen LogP contribution >= 0.6 is 27.7 Å². The Balaban J connectivity index is 2.61. The molecule has 1 heterocycles. The first-order valence-corrected chi connectivity index (χ1v) is 6.36. The van der Waals surface area contributed by atoms with E-state index in [1.807, 2.05) is 0 Å². The van der Waals surface area contributed by atoms with Gasteiger partial charge < -0.3 is 10.4 Å². The number of aliphatic carboxylic acids is 1. The van der Waals surface area contributed by atoms with Gasteiger partial charge in [0.1, 0.15) is 17.4 Å². The summed E-state index contributed by atoms with van der Waals surface area (Å²) in [5.41, 5.74) is 0. The van der Waals surface area contributed by atoms with Crippen molar-refractivity contribution in [3.63, 3.8) is 0 Å². The quantitative estimate of drug-likeness (QED) is 0.619. The van der Waals surface area contributed by atoms with Gasteiger partial charge in [0, 0.05) is 18.9 Å². The highest BCUT2D eigenvalue weighted by Crippen LogP contribution is 2.24. The summed E-state index contributed by atoms with van der Waals surface area (Å²) in [4.78, 5) is 29.5. The highest BCUT2D eigenvalue weighted by molar-refractivity contribution is 9.10. The van der Waals surface area contributed by atoms with Crippen LogP contribution in [-0.2, 0) is 9.59 Å². The number of nitrogens with zero attached hydrogens (tertiary/aromatic N) is 2. The SMILES string of the molecule is CC(=O)NC(CSc1ncncc1Br)C(=O)O. The molecular formula is C9H10BrN3O3S. The van der Waals surface area contributed by atoms with Crippen molar-refractivity contribution in [2.75, 3.05) is 5.75 Å². The summed E-state index contributed by atoms with van der Waals surface area (Å²) in [6.07, 6.45) is 2.95. The topological polar surface area (TPSA) is 92.2 Å². The number of aromatic nitrogens is 2. The predicted octanol–water partition coefficient (Wildman–Crippen LogP) is 0.921. The van der Waals surface area contributed by atoms with Crippen molar-refractivity contribution in [3.8, 4) is 0 Å². The van der Waals surface area contributed by atoms with Gasteiger partial charge in [-0.05, 0) is 15.9 Å². The minimum atomic E-state index is -1.07. The Kier molecular flexibility index (Phi) is 5.36. The summed E-state index contributed by atoms with van der Waals surface area (Å²) in [5, 5.41) is 11.9. The zero-order valence-electron chi connectivity index (χ0n) is 8.88. The molecule has 1 aromatic heterocycles. The molecule has 1 amide bonds. The third kappa shape index (κ3) is 4.70. The average Bonchev–Trinajstić information content (AvgIpc) is 2.25. The fraction of sp³-hybridized carbons (Fsp3) is 0.333. The zero-order valence-corrected chi connectivity index (χ0v) is 11.3. The molecule has 0 radical (unpaired) electrons. The lowest BCUT2D eigenvalue weighted by molar-refractivity contribution is -0.140. The Morgan fingerprint density at radius 2 is 2.35 bits per heavy atom. The van der Waals surface area contributed by atoms with Gasteiger partial charge in [0.2, 0.25) is 5.91 Å². The Bertz CT molecular complexity index is 430. The zero-order chi connectivity index (χ0) is 12.8. The highest BCUT2D eigenvalue weighted by Gasteiger charge is 2.19. The lowest BCUT2D eigenvalue weighted by atomic mass is 10.3. The van der Waals surface area contributed by atoms with Crippen LogP contribution in [0.5, 0.6) is 0 Å². The molecule has 0 aliphatic heterocycles. The maximum atomic E-state index is 10.9. The summed E-state index contributed by atoms with van der Waals surface area (Å²) in [6.45, 7) is 1.28. The van der Waals surface area contributed by atoms with E-state index in [4.69, 9.17) is 5.11 Å². The number of hydrogen-bond donors (Lipinski definition) is 2. The van der Waals surface area contributed by atoms with E-state index in [2.05, 4.69) is 31.2 Å². The number of thioether (sulfide) groups is 1. The van der Waals surface area contributed by atoms with Crippen LogP contribution in [0, 0.1) is 0 Å². The highest BCUT2D eigenvalue weighted by atomic mass is 79.9. The minimum Gasteiger partial charge on any atom is -0.480 e. The Hall–Kier alpha value is -1.15. The summed E-state index contributed by atoms with van der Waals surface area (Å²) in [5.74, 6) is -1.25. The van der Waals surface area contributed by atoms with Crippen molar-refractivity contribution < 1.29 is 14.7 Å². The van der Waals surface area contributed by atoms with Crippen molar-refractivity contribution in [1.82, 2.24) is 15.3 Å². The molecule has 8 heteroatoms. The number of amides is 1. The van der Waals surface area contributed by atoms with Gasteiger partial charge in [-0.15, -0.1) is 11.8 Å². The van der Waals surface area contributed by atoms with E-state index < -0.39 is 12.0 Å². The predicted molar refractivity (Wildman–Crippen MR) is 65.7 cm³/mol. The van der Waals surface area contributed by atoms with Crippen LogP contribution in [0.15, 0.2) is 22.0 Å². The maximum Gasteiger partial charge on any atom is 0.327 e. The molecule has 1 aromatic rings. The molecule has 0 aromatic carbocycles. The largest absolute Gasteiger partial charge is 0.480 e. The number of carbonyl (C=O) groups is 2. The van der Waals surface area contributed by atoms with Crippen molar-refractivity contribution in [2.45, 2.75) is 18.0 Å². The van der Waals surface area contributed by atoms with E-state index >= 15 is 0 Å². The van der Waals surface area contributed by atoms with E-state index in [9.17, 15) is 9.59 Å². The molecule has 0 aliphatic carbocycles. The van der Waals surface area contributed by atoms with Gasteiger partial charge in [0.05, 0.1) is 4.47 Å². The first-order chi connectivity index (χ1) is 8.00. The summed E-state index contributed by atoms with van der Waals surface area (Å²) in [7, 11) is 0. The monoisotopic (exact) mass is 319 g/mol. The lowest BCUT2D eigenvalue weighted by Gasteiger charge is -2.12. The molecule has 0 spiro atoms. The number of halogens is 1. The van der Waals surface area contributed by atoms with E-state index in [0.29, 0.717) is 9.50 Å². The fourth-order valence-corrected chi connectivity index (χ4v) is 2.42. The van der Waals surface area contributed by atoms with Gasteiger partial charge in [-0.3, -0.25) is 4.79 Å². The van der Waals surface area contributed by atoms with Gasteiger partial charge in [-0.25, -0.2) is 14.8 Å². The Morgan fingerprint density at radius 1 is 1.65 bits per heavy atom. The van der Waals surface area contributed by atoms with Gasteiger partial charge >= 0.3 is 5.97 Å². The second kappa shape index (κ2) is 6.55. The van der Waals surface area contributed by atoms with Crippen molar-refractivity contribution in [3.05, 3.63) is 17.0 Å². The number of carboxylic acid groups (broad SMARTS) is 1. The van der Waals surface area contributed by atoms with Crippen LogP contribution < -0.4 is 5.32 Å². The summed E-state index contributed by atoms with van der Waals surface area (Å²) >= 11 is 4.49. The molecule has 2 N–H and O–H groups in total. The second-order valence-electron chi connectivity index (χ2n) is 3.08. The molecule has 0 saturated heterocycles. The number of hydrogen-bond acceptors (Lipinski definition) is 5. The normalized spacial score (nSPS) is 11.9. The number of nitrogens with one attached hydrogen (secondary N) is 1. The number of carboxylic acids is 1. The molecule has 6 nitrogen and oxygen atoms in total. The van der Waals surface area contributed by atoms with Crippen LogP contribution in [0.3, 0.4) is 0 Å². The third-order valence-corrected chi connectivity index (χ3v) is 3.64. The lowest BCUT2D eigenvalue weighted by Crippen LogP contribution is -2.41. The molecule has 1 atom stereocenters. The van der Waals surface area contributed by atoms with Crippen molar-refractivity contribution >= 4 is 39.6 Å². The number of rotatable bonds is 5. The first kappa shape index (κ1) is 13.9. The van der Waals surface area contributed by atoms with Crippen LogP contribution in [-0.4, -0.2) is 38.7 Å². The summed E-state index contributed by atoms with van der Waals surface area (Å²) < 4.78 is 0.692. The molecule has 17 heavy (non-hydrogen) atoms. The Morgan fingerprint density at radius 3 is 2.88 bits per heavy atom. The van der Waals surface area contributed by atoms with Gasteiger partial charge in [-0.1, -0.05) is 0 Å². The maximum absolute atomic E-state index is 10.9. The van der Waals surface area contributed by atoms with Gasteiger partial charge in [0.25, 0.3) is 0 Å². The van der Waals surface area contributed by atoms with Crippen LogP contribution in [0.2, 0.25) is 0 Å². The van der Waals surface area contributed by atoms with E-state index in [0.717, 1.165) is 0 Å². The second-order valence-corrected chi connectivity index (χ2v) is 4.94. The van der Waals surface area contributed by atoms with Crippen LogP contribution in [0.4, 0.5) is 0 Å². The molecule has 92 valence electrons. The summed E-state index contributed by atoms with van der Waals surface area (Å²) in [6, 6.07) is -0.931.